The van der Waals surface area contributed by atoms with Gasteiger partial charge in [-0.05, 0) is 30.7 Å². The van der Waals surface area contributed by atoms with Gasteiger partial charge in [0.1, 0.15) is 5.75 Å². The van der Waals surface area contributed by atoms with Crippen molar-refractivity contribution in [2.24, 2.45) is 0 Å². The largest absolute Gasteiger partial charge is 0.497 e. The predicted octanol–water partition coefficient (Wildman–Crippen LogP) is 2.94. The summed E-state index contributed by atoms with van der Waals surface area (Å²) in [5, 5.41) is 9.17. The van der Waals surface area contributed by atoms with Crippen molar-refractivity contribution in [3.8, 4) is 5.75 Å². The minimum Gasteiger partial charge on any atom is -0.497 e. The Kier molecular flexibility index (Phi) is 5.85. The number of amides is 1. The number of hydrogen-bond acceptors (Lipinski definition) is 3. The van der Waals surface area contributed by atoms with E-state index in [0.717, 1.165) is 17.7 Å². The second-order valence-corrected chi connectivity index (χ2v) is 4.21. The van der Waals surface area contributed by atoms with E-state index in [9.17, 15) is 9.59 Å². The zero-order valence-corrected chi connectivity index (χ0v) is 11.3. The molecule has 0 aromatic heterocycles. The minimum absolute atomic E-state index is 0.0694. The lowest BCUT2D eigenvalue weighted by molar-refractivity contribution is -0.117. The van der Waals surface area contributed by atoms with E-state index in [1.54, 1.807) is 24.3 Å². The number of carbonyl (C=O) groups excluding carboxylic acids is 1. The molecule has 104 valence electrons. The smallest absolute Gasteiger partial charge is 0.412 e. The number of carbonyl (C=O) groups is 2. The van der Waals surface area contributed by atoms with Crippen LogP contribution in [0.2, 0.25) is 0 Å². The Labute approximate surface area is 112 Å². The van der Waals surface area contributed by atoms with Gasteiger partial charge in [-0.2, -0.15) is 0 Å². The normalized spacial score (nSPS) is 10.0. The summed E-state index contributed by atoms with van der Waals surface area (Å²) >= 11 is 0. The topological polar surface area (TPSA) is 66.8 Å². The van der Waals surface area contributed by atoms with Crippen LogP contribution < -0.4 is 9.64 Å². The first-order chi connectivity index (χ1) is 9.08. The molecule has 0 aliphatic rings. The van der Waals surface area contributed by atoms with Crippen LogP contribution in [0.5, 0.6) is 5.75 Å². The molecule has 0 saturated carbocycles. The molecule has 0 spiro atoms. The predicted molar refractivity (Wildman–Crippen MR) is 72.9 cm³/mol. The van der Waals surface area contributed by atoms with Crippen molar-refractivity contribution in [1.29, 1.82) is 0 Å². The van der Waals surface area contributed by atoms with E-state index < -0.39 is 6.09 Å². The fraction of sp³-hybridized carbons (Fsp3) is 0.429. The molecule has 0 unspecified atom stereocenters. The first-order valence-corrected chi connectivity index (χ1v) is 6.24. The summed E-state index contributed by atoms with van der Waals surface area (Å²) in [6, 6.07) is 6.59. The lowest BCUT2D eigenvalue weighted by Gasteiger charge is -2.18. The van der Waals surface area contributed by atoms with Crippen molar-refractivity contribution < 1.29 is 19.4 Å². The molecule has 0 bridgehead atoms. The number of ketones is 1. The van der Waals surface area contributed by atoms with Gasteiger partial charge in [-0.1, -0.05) is 13.3 Å². The van der Waals surface area contributed by atoms with Crippen molar-refractivity contribution in [3.63, 3.8) is 0 Å². The molecule has 0 heterocycles. The van der Waals surface area contributed by atoms with Crippen LogP contribution in [0.3, 0.4) is 0 Å². The van der Waals surface area contributed by atoms with Crippen molar-refractivity contribution in [2.75, 3.05) is 18.6 Å². The highest BCUT2D eigenvalue weighted by molar-refractivity contribution is 5.94. The second-order valence-electron chi connectivity index (χ2n) is 4.21. The number of unbranched alkanes of at least 4 members (excludes halogenated alkanes) is 1. The van der Waals surface area contributed by atoms with Crippen LogP contribution in [0.1, 0.15) is 26.2 Å². The third kappa shape index (κ3) is 4.62. The van der Waals surface area contributed by atoms with Crippen molar-refractivity contribution in [1.82, 2.24) is 0 Å². The summed E-state index contributed by atoms with van der Waals surface area (Å²) in [4.78, 5) is 23.9. The third-order valence-corrected chi connectivity index (χ3v) is 2.76. The van der Waals surface area contributed by atoms with Gasteiger partial charge in [0.05, 0.1) is 13.7 Å². The standard InChI is InChI=1S/C14H19NO4/c1-3-4-5-12(16)10-15(14(17)18)11-6-8-13(19-2)9-7-11/h6-9H,3-5,10H2,1-2H3,(H,17,18). The van der Waals surface area contributed by atoms with Crippen LogP contribution >= 0.6 is 0 Å². The van der Waals surface area contributed by atoms with E-state index in [-0.39, 0.29) is 12.3 Å². The maximum atomic E-state index is 11.7. The fourth-order valence-electron chi connectivity index (χ4n) is 1.66. The zero-order chi connectivity index (χ0) is 14.3. The number of hydrogen-bond donors (Lipinski definition) is 1. The number of ether oxygens (including phenoxy) is 1. The molecule has 1 amide bonds. The van der Waals surface area contributed by atoms with Gasteiger partial charge in [0.15, 0.2) is 5.78 Å². The number of anilines is 1. The van der Waals surface area contributed by atoms with E-state index in [4.69, 9.17) is 9.84 Å². The molecule has 1 aromatic carbocycles. The molecule has 1 N–H and O–H groups in total. The van der Waals surface area contributed by atoms with Gasteiger partial charge in [-0.15, -0.1) is 0 Å². The summed E-state index contributed by atoms with van der Waals surface area (Å²) in [6.45, 7) is 1.88. The Morgan fingerprint density at radius 3 is 2.37 bits per heavy atom. The zero-order valence-electron chi connectivity index (χ0n) is 11.3. The van der Waals surface area contributed by atoms with Gasteiger partial charge in [0.25, 0.3) is 0 Å². The molecule has 19 heavy (non-hydrogen) atoms. The van der Waals surface area contributed by atoms with Gasteiger partial charge in [0, 0.05) is 12.1 Å². The highest BCUT2D eigenvalue weighted by Crippen LogP contribution is 2.19. The highest BCUT2D eigenvalue weighted by atomic mass is 16.5. The fourth-order valence-corrected chi connectivity index (χ4v) is 1.66. The second kappa shape index (κ2) is 7.41. The molecule has 5 heteroatoms. The molecule has 0 atom stereocenters. The van der Waals surface area contributed by atoms with E-state index in [1.165, 1.54) is 7.11 Å². The molecule has 1 rings (SSSR count). The van der Waals surface area contributed by atoms with Gasteiger partial charge >= 0.3 is 6.09 Å². The molecule has 1 aromatic rings. The van der Waals surface area contributed by atoms with Crippen molar-refractivity contribution >= 4 is 17.6 Å². The average Bonchev–Trinajstić information content (AvgIpc) is 2.42. The van der Waals surface area contributed by atoms with Crippen LogP contribution in [-0.2, 0) is 4.79 Å². The Hall–Kier alpha value is -2.04. The maximum Gasteiger partial charge on any atom is 0.412 e. The Morgan fingerprint density at radius 2 is 1.89 bits per heavy atom. The van der Waals surface area contributed by atoms with Gasteiger partial charge in [-0.3, -0.25) is 9.69 Å². The summed E-state index contributed by atoms with van der Waals surface area (Å²) in [6.07, 6.45) is 0.988. The van der Waals surface area contributed by atoms with Crippen molar-refractivity contribution in [3.05, 3.63) is 24.3 Å². The summed E-state index contributed by atoms with van der Waals surface area (Å²) < 4.78 is 5.01. The average molecular weight is 265 g/mol. The lowest BCUT2D eigenvalue weighted by Crippen LogP contribution is -2.34. The van der Waals surface area contributed by atoms with E-state index in [0.29, 0.717) is 17.9 Å². The van der Waals surface area contributed by atoms with E-state index >= 15 is 0 Å². The SMILES string of the molecule is CCCCC(=O)CN(C(=O)O)c1ccc(OC)cc1. The molecule has 0 aliphatic heterocycles. The number of carboxylic acid groups (broad SMARTS) is 1. The Balaban J connectivity index is 2.76. The monoisotopic (exact) mass is 265 g/mol. The summed E-state index contributed by atoms with van der Waals surface area (Å²) in [5.41, 5.74) is 0.471. The quantitative estimate of drug-likeness (QED) is 0.823. The molecule has 0 saturated heterocycles. The van der Waals surface area contributed by atoms with Crippen LogP contribution in [0.15, 0.2) is 24.3 Å². The van der Waals surface area contributed by atoms with Gasteiger partial charge in [-0.25, -0.2) is 4.79 Å². The van der Waals surface area contributed by atoms with Gasteiger partial charge < -0.3 is 9.84 Å². The first-order valence-electron chi connectivity index (χ1n) is 6.24. The van der Waals surface area contributed by atoms with Crippen LogP contribution in [0.4, 0.5) is 10.5 Å². The number of rotatable bonds is 7. The molecule has 0 fully saturated rings. The van der Waals surface area contributed by atoms with E-state index in [2.05, 4.69) is 0 Å². The molecular weight excluding hydrogens is 246 g/mol. The molecular formula is C14H19NO4. The highest BCUT2D eigenvalue weighted by Gasteiger charge is 2.17. The minimum atomic E-state index is -1.13. The Bertz CT molecular complexity index is 428. The lowest BCUT2D eigenvalue weighted by atomic mass is 10.1. The number of nitrogens with zero attached hydrogens (tertiary/aromatic N) is 1. The number of Topliss-reactive ketones (excluding diaryl/α,β-unsaturated/α-hetero) is 1. The third-order valence-electron chi connectivity index (χ3n) is 2.76. The molecule has 5 nitrogen and oxygen atoms in total. The van der Waals surface area contributed by atoms with Crippen LogP contribution in [-0.4, -0.2) is 30.6 Å². The number of benzene rings is 1. The molecule has 0 aliphatic carbocycles. The maximum absolute atomic E-state index is 11.7. The summed E-state index contributed by atoms with van der Waals surface area (Å²) in [7, 11) is 1.54. The number of methoxy groups -OCH3 is 1. The van der Waals surface area contributed by atoms with Crippen LogP contribution in [0, 0.1) is 0 Å². The molecule has 0 radical (unpaired) electrons. The first kappa shape index (κ1) is 15.0. The Morgan fingerprint density at radius 1 is 1.26 bits per heavy atom. The van der Waals surface area contributed by atoms with Crippen LogP contribution in [0.25, 0.3) is 0 Å². The summed E-state index contributed by atoms with van der Waals surface area (Å²) in [5.74, 6) is 0.575. The van der Waals surface area contributed by atoms with Gasteiger partial charge in [0.2, 0.25) is 0 Å². The van der Waals surface area contributed by atoms with E-state index in [1.807, 2.05) is 6.92 Å². The van der Waals surface area contributed by atoms with Crippen molar-refractivity contribution in [2.45, 2.75) is 26.2 Å².